The summed E-state index contributed by atoms with van der Waals surface area (Å²) in [7, 11) is 0. The Bertz CT molecular complexity index is 930. The minimum atomic E-state index is -0.351. The summed E-state index contributed by atoms with van der Waals surface area (Å²) in [6, 6.07) is 15.8. The highest BCUT2D eigenvalue weighted by Gasteiger charge is 2.30. The molecule has 4 rings (SSSR count). The lowest BCUT2D eigenvalue weighted by Gasteiger charge is -2.32. The van der Waals surface area contributed by atoms with Gasteiger partial charge in [0, 0.05) is 34.8 Å². The Morgan fingerprint density at radius 1 is 1.15 bits per heavy atom. The molecule has 1 aliphatic heterocycles. The lowest BCUT2D eigenvalue weighted by atomic mass is 9.88. The van der Waals surface area contributed by atoms with Crippen molar-refractivity contribution in [3.05, 3.63) is 75.5 Å². The van der Waals surface area contributed by atoms with Gasteiger partial charge in [-0.2, -0.15) is 0 Å². The molecule has 0 fully saturated rings. The first-order chi connectivity index (χ1) is 12.7. The van der Waals surface area contributed by atoms with Crippen LogP contribution in [0.1, 0.15) is 49.0 Å². The summed E-state index contributed by atoms with van der Waals surface area (Å²) in [4.78, 5) is 14.2. The van der Waals surface area contributed by atoms with E-state index >= 15 is 0 Å². The van der Waals surface area contributed by atoms with E-state index in [9.17, 15) is 10.1 Å². The van der Waals surface area contributed by atoms with Crippen LogP contribution in [0.2, 0.25) is 0 Å². The van der Waals surface area contributed by atoms with Gasteiger partial charge in [0.2, 0.25) is 0 Å². The second-order valence-electron chi connectivity index (χ2n) is 7.05. The van der Waals surface area contributed by atoms with Crippen LogP contribution < -0.4 is 5.32 Å². The van der Waals surface area contributed by atoms with Crippen molar-refractivity contribution < 1.29 is 4.92 Å². The summed E-state index contributed by atoms with van der Waals surface area (Å²) in [5.74, 6) is 0. The molecule has 2 aromatic carbocycles. The van der Waals surface area contributed by atoms with Crippen LogP contribution >= 0.6 is 0 Å². The number of fused-ring (bicyclic) bond motifs is 3. The third kappa shape index (κ3) is 2.99. The Balaban J connectivity index is 1.76. The maximum Gasteiger partial charge on any atom is 0.269 e. The van der Waals surface area contributed by atoms with Gasteiger partial charge < -0.3 is 10.3 Å². The number of nitro benzene ring substituents is 1. The molecule has 2 atom stereocenters. The molecular weight excluding hydrogens is 326 g/mol. The highest BCUT2D eigenvalue weighted by molar-refractivity contribution is 5.85. The summed E-state index contributed by atoms with van der Waals surface area (Å²) in [5, 5.41) is 16.0. The molecule has 5 heteroatoms. The Hall–Kier alpha value is -2.66. The van der Waals surface area contributed by atoms with E-state index in [4.69, 9.17) is 0 Å². The number of H-pyrrole nitrogens is 1. The second-order valence-corrected chi connectivity index (χ2v) is 7.05. The minimum absolute atomic E-state index is 0.0359. The van der Waals surface area contributed by atoms with Crippen molar-refractivity contribution in [3.8, 4) is 0 Å². The average molecular weight is 349 g/mol. The Morgan fingerprint density at radius 2 is 1.92 bits per heavy atom. The number of rotatable bonds is 5. The van der Waals surface area contributed by atoms with Crippen LogP contribution in [0.5, 0.6) is 0 Å². The van der Waals surface area contributed by atoms with Gasteiger partial charge in [0.25, 0.3) is 5.69 Å². The predicted molar refractivity (Wildman–Crippen MR) is 103 cm³/mol. The Morgan fingerprint density at radius 3 is 2.65 bits per heavy atom. The summed E-state index contributed by atoms with van der Waals surface area (Å²) in [6.45, 7) is 2.22. The van der Waals surface area contributed by atoms with Crippen molar-refractivity contribution in [3.63, 3.8) is 0 Å². The van der Waals surface area contributed by atoms with Crippen LogP contribution in [0.3, 0.4) is 0 Å². The van der Waals surface area contributed by atoms with E-state index in [0.717, 1.165) is 23.9 Å². The first-order valence-corrected chi connectivity index (χ1v) is 9.27. The molecule has 0 saturated heterocycles. The van der Waals surface area contributed by atoms with Gasteiger partial charge in [0.15, 0.2) is 0 Å². The van der Waals surface area contributed by atoms with E-state index in [2.05, 4.69) is 35.4 Å². The van der Waals surface area contributed by atoms with E-state index in [1.807, 2.05) is 18.2 Å². The van der Waals surface area contributed by atoms with Crippen molar-refractivity contribution in [2.45, 2.75) is 44.7 Å². The van der Waals surface area contributed by atoms with E-state index < -0.39 is 0 Å². The molecule has 1 aliphatic rings. The number of non-ortho nitro benzene ring substituents is 1. The lowest BCUT2D eigenvalue weighted by molar-refractivity contribution is -0.384. The third-order valence-corrected chi connectivity index (χ3v) is 5.33. The smallest absolute Gasteiger partial charge is 0.269 e. The molecule has 0 radical (unpaired) electrons. The van der Waals surface area contributed by atoms with Gasteiger partial charge in [-0.15, -0.1) is 0 Å². The summed E-state index contributed by atoms with van der Waals surface area (Å²) in [5.41, 5.74) is 4.91. The quantitative estimate of drug-likeness (QED) is 0.510. The molecule has 0 bridgehead atoms. The van der Waals surface area contributed by atoms with Crippen molar-refractivity contribution in [1.82, 2.24) is 10.3 Å². The van der Waals surface area contributed by atoms with Crippen molar-refractivity contribution >= 4 is 16.6 Å². The van der Waals surface area contributed by atoms with Gasteiger partial charge in [0.1, 0.15) is 0 Å². The molecule has 134 valence electrons. The fourth-order valence-electron chi connectivity index (χ4n) is 4.00. The second kappa shape index (κ2) is 6.92. The Labute approximate surface area is 152 Å². The molecule has 0 unspecified atom stereocenters. The first kappa shape index (κ1) is 16.8. The minimum Gasteiger partial charge on any atom is -0.357 e. The maximum absolute atomic E-state index is 11.0. The average Bonchev–Trinajstić information content (AvgIpc) is 3.04. The van der Waals surface area contributed by atoms with Gasteiger partial charge >= 0.3 is 0 Å². The molecule has 26 heavy (non-hydrogen) atoms. The van der Waals surface area contributed by atoms with E-state index in [-0.39, 0.29) is 16.7 Å². The van der Waals surface area contributed by atoms with Gasteiger partial charge in [-0.05, 0) is 30.0 Å². The number of nitrogens with one attached hydrogen (secondary N) is 2. The molecule has 0 aliphatic carbocycles. The molecule has 0 saturated carbocycles. The normalized spacial score (nSPS) is 19.4. The predicted octanol–water partition coefficient (Wildman–Crippen LogP) is 4.87. The van der Waals surface area contributed by atoms with Crippen molar-refractivity contribution in [2.75, 3.05) is 0 Å². The third-order valence-electron chi connectivity index (χ3n) is 5.33. The molecule has 5 nitrogen and oxygen atoms in total. The summed E-state index contributed by atoms with van der Waals surface area (Å²) >= 11 is 0. The zero-order chi connectivity index (χ0) is 18.1. The van der Waals surface area contributed by atoms with Crippen LogP contribution in [0.15, 0.2) is 48.5 Å². The van der Waals surface area contributed by atoms with Crippen molar-refractivity contribution in [2.24, 2.45) is 0 Å². The molecule has 1 aromatic heterocycles. The lowest BCUT2D eigenvalue weighted by Crippen LogP contribution is -2.39. The number of unbranched alkanes of at least 4 members (excludes halogenated alkanes) is 1. The number of nitro groups is 1. The van der Waals surface area contributed by atoms with Gasteiger partial charge in [-0.25, -0.2) is 0 Å². The largest absolute Gasteiger partial charge is 0.357 e. The topological polar surface area (TPSA) is 71.0 Å². The zero-order valence-corrected chi connectivity index (χ0v) is 14.9. The van der Waals surface area contributed by atoms with Gasteiger partial charge in [-0.3, -0.25) is 10.1 Å². The van der Waals surface area contributed by atoms with Crippen LogP contribution in [0, 0.1) is 10.1 Å². The first-order valence-electron chi connectivity index (χ1n) is 9.27. The highest BCUT2D eigenvalue weighted by atomic mass is 16.6. The molecule has 0 amide bonds. The summed E-state index contributed by atoms with van der Waals surface area (Å²) in [6.07, 6.45) is 4.53. The van der Waals surface area contributed by atoms with Gasteiger partial charge in [0.05, 0.1) is 11.0 Å². The number of nitrogens with zero attached hydrogens (tertiary/aromatic N) is 1. The summed E-state index contributed by atoms with van der Waals surface area (Å²) < 4.78 is 0. The van der Waals surface area contributed by atoms with E-state index in [1.165, 1.54) is 29.5 Å². The zero-order valence-electron chi connectivity index (χ0n) is 14.9. The van der Waals surface area contributed by atoms with Crippen LogP contribution in [-0.2, 0) is 6.42 Å². The number of para-hydroxylation sites is 1. The fraction of sp³-hybridized carbons (Fsp3) is 0.333. The van der Waals surface area contributed by atoms with Crippen LogP contribution in [0.25, 0.3) is 10.9 Å². The van der Waals surface area contributed by atoms with Crippen molar-refractivity contribution in [1.29, 1.82) is 0 Å². The monoisotopic (exact) mass is 349 g/mol. The van der Waals surface area contributed by atoms with Crippen LogP contribution in [-0.4, -0.2) is 15.9 Å². The number of benzene rings is 2. The fourth-order valence-corrected chi connectivity index (χ4v) is 4.00. The number of aromatic amines is 1. The number of aromatic nitrogens is 1. The number of hydrogen-bond donors (Lipinski definition) is 2. The number of hydrogen-bond acceptors (Lipinski definition) is 3. The maximum atomic E-state index is 11.0. The molecule has 0 spiro atoms. The SMILES string of the molecule is CCCC[C@H]1Cc2c([nH]c3ccccc23)[C@H](c2ccc([N+](=O)[O-])cc2)N1. The standard InChI is InChI=1S/C21H23N3O2/c1-2-3-6-15-13-18-17-7-4-5-8-19(17)23-21(18)20(22-15)14-9-11-16(12-10-14)24(25)26/h4-5,7-12,15,20,22-23H,2-3,6,13H2,1H3/t15-,20-/m0/s1. The molecular formula is C21H23N3O2. The van der Waals surface area contributed by atoms with Crippen LogP contribution in [0.4, 0.5) is 5.69 Å². The molecule has 2 N–H and O–H groups in total. The molecule has 2 heterocycles. The Kier molecular flexibility index (Phi) is 4.47. The van der Waals surface area contributed by atoms with E-state index in [1.54, 1.807) is 12.1 Å². The highest BCUT2D eigenvalue weighted by Crippen LogP contribution is 2.36. The molecule has 3 aromatic rings. The van der Waals surface area contributed by atoms with E-state index in [0.29, 0.717) is 6.04 Å². The van der Waals surface area contributed by atoms with Gasteiger partial charge in [-0.1, -0.05) is 50.1 Å².